The Hall–Kier alpha value is -2.93. The van der Waals surface area contributed by atoms with Gasteiger partial charge in [0.25, 0.3) is 5.91 Å². The first-order valence-electron chi connectivity index (χ1n) is 6.93. The molecule has 3 rings (SSSR count). The van der Waals surface area contributed by atoms with Crippen LogP contribution in [0.4, 0.5) is 0 Å². The van der Waals surface area contributed by atoms with Gasteiger partial charge in [-0.3, -0.25) is 9.78 Å². The molecule has 2 heterocycles. The van der Waals surface area contributed by atoms with Gasteiger partial charge in [0.15, 0.2) is 0 Å². The molecule has 0 aliphatic rings. The van der Waals surface area contributed by atoms with Crippen molar-refractivity contribution in [3.63, 3.8) is 0 Å². The van der Waals surface area contributed by atoms with Gasteiger partial charge in [0, 0.05) is 22.8 Å². The fraction of sp³-hybridized carbons (Fsp3) is 0.125. The maximum absolute atomic E-state index is 12.0. The van der Waals surface area contributed by atoms with E-state index in [-0.39, 0.29) is 23.7 Å². The van der Waals surface area contributed by atoms with Gasteiger partial charge in [-0.2, -0.15) is 0 Å². The van der Waals surface area contributed by atoms with E-state index < -0.39 is 5.97 Å². The second-order valence-corrected chi connectivity index (χ2v) is 5.29. The van der Waals surface area contributed by atoms with Crippen LogP contribution in [0.2, 0.25) is 5.02 Å². The highest BCUT2D eigenvalue weighted by Gasteiger charge is 2.17. The number of esters is 1. The van der Waals surface area contributed by atoms with E-state index in [1.807, 2.05) is 0 Å². The quantitative estimate of drug-likeness (QED) is 0.730. The summed E-state index contributed by atoms with van der Waals surface area (Å²) in [5.41, 5.74) is 0.786. The molecule has 0 fully saturated rings. The topological polar surface area (TPSA) is 94.3 Å². The van der Waals surface area contributed by atoms with Crippen molar-refractivity contribution in [3.8, 4) is 0 Å². The summed E-state index contributed by atoms with van der Waals surface area (Å²) >= 11 is 6.01. The van der Waals surface area contributed by atoms with Crippen molar-refractivity contribution in [2.45, 2.75) is 6.54 Å². The third kappa shape index (κ3) is 3.21. The summed E-state index contributed by atoms with van der Waals surface area (Å²) in [4.78, 5) is 31.5. The number of carbonyl (C=O) groups is 2. The molecular formula is C16H12ClN3O4. The lowest BCUT2D eigenvalue weighted by Gasteiger charge is -2.02. The molecule has 0 saturated heterocycles. The minimum absolute atomic E-state index is 0.127. The fourth-order valence-corrected chi connectivity index (χ4v) is 2.42. The Morgan fingerprint density at radius 3 is 2.83 bits per heavy atom. The molecule has 7 nitrogen and oxygen atoms in total. The van der Waals surface area contributed by atoms with Crippen molar-refractivity contribution in [2.24, 2.45) is 0 Å². The second-order valence-electron chi connectivity index (χ2n) is 4.85. The van der Waals surface area contributed by atoms with Gasteiger partial charge in [0.1, 0.15) is 22.6 Å². The molecule has 0 atom stereocenters. The summed E-state index contributed by atoms with van der Waals surface area (Å²) in [6, 6.07) is 4.84. The fourth-order valence-electron chi connectivity index (χ4n) is 2.19. The molecule has 0 unspecified atom stereocenters. The maximum Gasteiger partial charge on any atom is 0.341 e. The summed E-state index contributed by atoms with van der Waals surface area (Å²) in [7, 11) is 1.28. The van der Waals surface area contributed by atoms with Crippen LogP contribution in [0.5, 0.6) is 0 Å². The number of fused-ring (bicyclic) bond motifs is 1. The Morgan fingerprint density at radius 2 is 2.12 bits per heavy atom. The first kappa shape index (κ1) is 15.9. The van der Waals surface area contributed by atoms with Gasteiger partial charge in [0.2, 0.25) is 0 Å². The molecule has 1 aromatic carbocycles. The van der Waals surface area contributed by atoms with E-state index in [0.29, 0.717) is 21.8 Å². The second kappa shape index (κ2) is 6.67. The molecule has 24 heavy (non-hydrogen) atoms. The van der Waals surface area contributed by atoms with Crippen LogP contribution in [0.1, 0.15) is 26.6 Å². The molecule has 2 aromatic heterocycles. The van der Waals surface area contributed by atoms with Crippen molar-refractivity contribution in [1.82, 2.24) is 15.3 Å². The minimum atomic E-state index is -0.549. The highest BCUT2D eigenvalue weighted by molar-refractivity contribution is 6.32. The first-order chi connectivity index (χ1) is 11.6. The number of nitrogens with one attached hydrogen (secondary N) is 1. The van der Waals surface area contributed by atoms with Gasteiger partial charge in [-0.15, -0.1) is 0 Å². The number of rotatable bonds is 4. The van der Waals surface area contributed by atoms with Crippen molar-refractivity contribution in [3.05, 3.63) is 58.8 Å². The van der Waals surface area contributed by atoms with Crippen LogP contribution < -0.4 is 5.32 Å². The molecule has 0 saturated carbocycles. The number of hydrogen-bond acceptors (Lipinski definition) is 6. The Morgan fingerprint density at radius 1 is 1.29 bits per heavy atom. The summed E-state index contributed by atoms with van der Waals surface area (Å²) in [6.07, 6.45) is 4.28. The molecule has 3 aromatic rings. The van der Waals surface area contributed by atoms with Gasteiger partial charge in [0.05, 0.1) is 19.9 Å². The number of hydrogen-bond donors (Lipinski definition) is 1. The third-order valence-electron chi connectivity index (χ3n) is 3.26. The van der Waals surface area contributed by atoms with Crippen molar-refractivity contribution < 1.29 is 18.7 Å². The Kier molecular flexibility index (Phi) is 4.43. The number of amides is 1. The SMILES string of the molecule is COC(=O)c1cc(Cl)cc2cc(CNC(=O)c3cnccn3)oc12. The van der Waals surface area contributed by atoms with Crippen molar-refractivity contribution in [1.29, 1.82) is 0 Å². The highest BCUT2D eigenvalue weighted by atomic mass is 35.5. The number of ether oxygens (including phenoxy) is 1. The lowest BCUT2D eigenvalue weighted by atomic mass is 10.1. The zero-order chi connectivity index (χ0) is 17.1. The molecule has 0 bridgehead atoms. The smallest absolute Gasteiger partial charge is 0.341 e. The van der Waals surface area contributed by atoms with Crippen LogP contribution in [0.15, 0.2) is 41.2 Å². The Bertz CT molecular complexity index is 908. The predicted molar refractivity (Wildman–Crippen MR) is 85.8 cm³/mol. The van der Waals surface area contributed by atoms with Crippen LogP contribution >= 0.6 is 11.6 Å². The van der Waals surface area contributed by atoms with E-state index in [4.69, 9.17) is 20.8 Å². The molecule has 1 amide bonds. The van der Waals surface area contributed by atoms with Gasteiger partial charge in [-0.25, -0.2) is 9.78 Å². The molecular weight excluding hydrogens is 334 g/mol. The van der Waals surface area contributed by atoms with E-state index in [1.54, 1.807) is 12.1 Å². The first-order valence-corrected chi connectivity index (χ1v) is 7.31. The van der Waals surface area contributed by atoms with Crippen LogP contribution in [0.3, 0.4) is 0 Å². The average Bonchev–Trinajstić information content (AvgIpc) is 3.01. The summed E-state index contributed by atoms with van der Waals surface area (Å²) in [6.45, 7) is 0.127. The third-order valence-corrected chi connectivity index (χ3v) is 3.47. The molecule has 8 heteroatoms. The average molecular weight is 346 g/mol. The van der Waals surface area contributed by atoms with E-state index in [1.165, 1.54) is 31.8 Å². The van der Waals surface area contributed by atoms with Crippen LogP contribution in [0, 0.1) is 0 Å². The summed E-state index contributed by atoms with van der Waals surface area (Å²) in [5, 5.41) is 3.70. The van der Waals surface area contributed by atoms with Gasteiger partial charge in [-0.1, -0.05) is 11.6 Å². The standard InChI is InChI=1S/C16H12ClN3O4/c1-23-16(22)12-6-10(17)4-9-5-11(24-14(9)12)7-20-15(21)13-8-18-2-3-19-13/h2-6,8H,7H2,1H3,(H,20,21). The lowest BCUT2D eigenvalue weighted by molar-refractivity contribution is 0.0601. The molecule has 1 N–H and O–H groups in total. The van der Waals surface area contributed by atoms with Crippen LogP contribution in [-0.4, -0.2) is 29.0 Å². The van der Waals surface area contributed by atoms with E-state index in [0.717, 1.165) is 0 Å². The summed E-state index contributed by atoms with van der Waals surface area (Å²) in [5.74, 6) is -0.462. The number of carbonyl (C=O) groups excluding carboxylic acids is 2. The van der Waals surface area contributed by atoms with E-state index >= 15 is 0 Å². The molecule has 0 spiro atoms. The van der Waals surface area contributed by atoms with Gasteiger partial charge >= 0.3 is 5.97 Å². The monoisotopic (exact) mass is 345 g/mol. The van der Waals surface area contributed by atoms with Gasteiger partial charge < -0.3 is 14.5 Å². The summed E-state index contributed by atoms with van der Waals surface area (Å²) < 4.78 is 10.4. The number of benzene rings is 1. The normalized spacial score (nSPS) is 10.6. The van der Waals surface area contributed by atoms with Crippen LogP contribution in [0.25, 0.3) is 11.0 Å². The Labute approximate surface area is 141 Å². The van der Waals surface area contributed by atoms with Crippen LogP contribution in [-0.2, 0) is 11.3 Å². The predicted octanol–water partition coefficient (Wildman–Crippen LogP) is 2.59. The lowest BCUT2D eigenvalue weighted by Crippen LogP contribution is -2.23. The Balaban J connectivity index is 1.83. The number of furan rings is 1. The number of nitrogens with zero attached hydrogens (tertiary/aromatic N) is 2. The largest absolute Gasteiger partial charge is 0.465 e. The van der Waals surface area contributed by atoms with Crippen molar-refractivity contribution >= 4 is 34.4 Å². The minimum Gasteiger partial charge on any atom is -0.465 e. The van der Waals surface area contributed by atoms with Crippen molar-refractivity contribution in [2.75, 3.05) is 7.11 Å². The van der Waals surface area contributed by atoms with E-state index in [9.17, 15) is 9.59 Å². The molecule has 0 aliphatic carbocycles. The number of methoxy groups -OCH3 is 1. The highest BCUT2D eigenvalue weighted by Crippen LogP contribution is 2.27. The molecule has 122 valence electrons. The number of aromatic nitrogens is 2. The maximum atomic E-state index is 12.0. The zero-order valence-electron chi connectivity index (χ0n) is 12.6. The molecule has 0 radical (unpaired) electrons. The number of halogens is 1. The van der Waals surface area contributed by atoms with E-state index in [2.05, 4.69) is 15.3 Å². The van der Waals surface area contributed by atoms with Gasteiger partial charge in [-0.05, 0) is 18.2 Å². The zero-order valence-corrected chi connectivity index (χ0v) is 13.3. The molecule has 0 aliphatic heterocycles.